The molecule has 114 valence electrons. The van der Waals surface area contributed by atoms with Crippen LogP contribution in [0.25, 0.3) is 0 Å². The van der Waals surface area contributed by atoms with Gasteiger partial charge in [-0.25, -0.2) is 0 Å². The van der Waals surface area contributed by atoms with Crippen molar-refractivity contribution in [2.75, 3.05) is 14.2 Å². The molecular formula is C15H20ClN3O2. The van der Waals surface area contributed by atoms with Crippen LogP contribution in [0.3, 0.4) is 0 Å². The number of aromatic nitrogens is 2. The molecule has 1 aromatic carbocycles. The van der Waals surface area contributed by atoms with Gasteiger partial charge in [0, 0.05) is 31.9 Å². The van der Waals surface area contributed by atoms with Gasteiger partial charge < -0.3 is 14.8 Å². The Morgan fingerprint density at radius 1 is 1.24 bits per heavy atom. The van der Waals surface area contributed by atoms with E-state index in [1.165, 1.54) is 5.56 Å². The number of hydrogen-bond donors (Lipinski definition) is 1. The van der Waals surface area contributed by atoms with Crippen molar-refractivity contribution >= 4 is 11.6 Å². The highest BCUT2D eigenvalue weighted by atomic mass is 35.5. The van der Waals surface area contributed by atoms with Crippen LogP contribution in [0.4, 0.5) is 0 Å². The predicted octanol–water partition coefficient (Wildman–Crippen LogP) is 2.69. The third-order valence-corrected chi connectivity index (χ3v) is 3.53. The minimum atomic E-state index is 0.547. The Hall–Kier alpha value is -1.72. The molecular weight excluding hydrogens is 290 g/mol. The molecule has 0 atom stereocenters. The van der Waals surface area contributed by atoms with E-state index < -0.39 is 0 Å². The first-order valence-corrected chi connectivity index (χ1v) is 7.03. The van der Waals surface area contributed by atoms with Gasteiger partial charge in [-0.2, -0.15) is 5.10 Å². The molecule has 2 rings (SSSR count). The number of aryl methyl sites for hydroxylation is 2. The van der Waals surface area contributed by atoms with E-state index in [4.69, 9.17) is 21.1 Å². The van der Waals surface area contributed by atoms with Crippen molar-refractivity contribution in [3.63, 3.8) is 0 Å². The number of rotatable bonds is 6. The van der Waals surface area contributed by atoms with Gasteiger partial charge in [-0.1, -0.05) is 11.6 Å². The Bertz CT molecular complexity index is 626. The van der Waals surface area contributed by atoms with Crippen molar-refractivity contribution in [3.8, 4) is 11.5 Å². The molecule has 0 amide bonds. The molecule has 2 aromatic rings. The average molecular weight is 310 g/mol. The minimum Gasteiger partial charge on any atom is -0.493 e. The monoisotopic (exact) mass is 309 g/mol. The molecule has 1 N–H and O–H groups in total. The molecule has 0 aliphatic heterocycles. The number of halogens is 1. The summed E-state index contributed by atoms with van der Waals surface area (Å²) in [6.07, 6.45) is 2.02. The van der Waals surface area contributed by atoms with Gasteiger partial charge >= 0.3 is 0 Å². The van der Waals surface area contributed by atoms with E-state index in [0.29, 0.717) is 23.1 Å². The highest BCUT2D eigenvalue weighted by Crippen LogP contribution is 2.35. The van der Waals surface area contributed by atoms with E-state index in [1.54, 1.807) is 14.2 Å². The molecule has 0 unspecified atom stereocenters. The maximum absolute atomic E-state index is 6.19. The van der Waals surface area contributed by atoms with Crippen LogP contribution in [-0.2, 0) is 20.1 Å². The van der Waals surface area contributed by atoms with E-state index in [2.05, 4.69) is 10.4 Å². The molecule has 0 spiro atoms. The van der Waals surface area contributed by atoms with Crippen molar-refractivity contribution in [3.05, 3.63) is 40.2 Å². The Labute approximate surface area is 129 Å². The number of nitrogens with zero attached hydrogens (tertiary/aromatic N) is 2. The highest BCUT2D eigenvalue weighted by Gasteiger charge is 2.11. The van der Waals surface area contributed by atoms with Gasteiger partial charge in [0.05, 0.1) is 24.9 Å². The van der Waals surface area contributed by atoms with Crippen molar-refractivity contribution in [1.29, 1.82) is 0 Å². The Balaban J connectivity index is 2.03. The fraction of sp³-hybridized carbons (Fsp3) is 0.400. The van der Waals surface area contributed by atoms with Crippen LogP contribution < -0.4 is 14.8 Å². The standard InChI is InChI=1S/C15H20ClN3O2/c1-10-12(9-19(2)18-10)8-17-7-11-5-13(16)15(21-4)14(6-11)20-3/h5-6,9,17H,7-8H2,1-4H3. The van der Waals surface area contributed by atoms with Crippen molar-refractivity contribution in [2.45, 2.75) is 20.0 Å². The summed E-state index contributed by atoms with van der Waals surface area (Å²) in [5, 5.41) is 8.25. The Morgan fingerprint density at radius 2 is 2.00 bits per heavy atom. The second-order valence-electron chi connectivity index (χ2n) is 4.83. The van der Waals surface area contributed by atoms with E-state index in [0.717, 1.165) is 17.8 Å². The average Bonchev–Trinajstić information content (AvgIpc) is 2.76. The molecule has 6 heteroatoms. The smallest absolute Gasteiger partial charge is 0.179 e. The van der Waals surface area contributed by atoms with E-state index in [9.17, 15) is 0 Å². The van der Waals surface area contributed by atoms with Crippen LogP contribution in [0.15, 0.2) is 18.3 Å². The lowest BCUT2D eigenvalue weighted by Gasteiger charge is -2.12. The van der Waals surface area contributed by atoms with Crippen LogP contribution in [0.1, 0.15) is 16.8 Å². The molecule has 0 radical (unpaired) electrons. The first-order valence-electron chi connectivity index (χ1n) is 6.65. The summed E-state index contributed by atoms with van der Waals surface area (Å²) in [5.41, 5.74) is 3.26. The zero-order valence-electron chi connectivity index (χ0n) is 12.7. The lowest BCUT2D eigenvalue weighted by Crippen LogP contribution is -2.13. The zero-order chi connectivity index (χ0) is 15.4. The molecule has 0 aliphatic carbocycles. The lowest BCUT2D eigenvalue weighted by atomic mass is 10.2. The quantitative estimate of drug-likeness (QED) is 0.891. The van der Waals surface area contributed by atoms with Gasteiger partial charge in [-0.3, -0.25) is 4.68 Å². The number of hydrogen-bond acceptors (Lipinski definition) is 4. The molecule has 0 bridgehead atoms. The number of ether oxygens (including phenoxy) is 2. The van der Waals surface area contributed by atoms with Crippen molar-refractivity contribution in [2.24, 2.45) is 7.05 Å². The van der Waals surface area contributed by atoms with Gasteiger partial charge in [0.2, 0.25) is 0 Å². The topological polar surface area (TPSA) is 48.3 Å². The Kier molecular flexibility index (Phi) is 5.09. The second kappa shape index (κ2) is 6.83. The lowest BCUT2D eigenvalue weighted by molar-refractivity contribution is 0.354. The van der Waals surface area contributed by atoms with E-state index >= 15 is 0 Å². The molecule has 0 fully saturated rings. The van der Waals surface area contributed by atoms with Crippen molar-refractivity contribution in [1.82, 2.24) is 15.1 Å². The fourth-order valence-electron chi connectivity index (χ4n) is 2.24. The van der Waals surface area contributed by atoms with Gasteiger partial charge in [0.25, 0.3) is 0 Å². The molecule has 0 aliphatic rings. The molecule has 0 saturated heterocycles. The molecule has 1 aromatic heterocycles. The highest BCUT2D eigenvalue weighted by molar-refractivity contribution is 6.32. The zero-order valence-corrected chi connectivity index (χ0v) is 13.5. The maximum Gasteiger partial charge on any atom is 0.179 e. The molecule has 1 heterocycles. The van der Waals surface area contributed by atoms with Crippen LogP contribution in [0, 0.1) is 6.92 Å². The summed E-state index contributed by atoms with van der Waals surface area (Å²) in [7, 11) is 5.10. The van der Waals surface area contributed by atoms with Crippen molar-refractivity contribution < 1.29 is 9.47 Å². The third-order valence-electron chi connectivity index (χ3n) is 3.25. The number of benzene rings is 1. The van der Waals surface area contributed by atoms with Crippen LogP contribution in [-0.4, -0.2) is 24.0 Å². The summed E-state index contributed by atoms with van der Waals surface area (Å²) < 4.78 is 12.3. The molecule has 5 nitrogen and oxygen atoms in total. The molecule has 21 heavy (non-hydrogen) atoms. The SMILES string of the molecule is COc1cc(CNCc2cn(C)nc2C)cc(Cl)c1OC. The van der Waals surface area contributed by atoms with Crippen LogP contribution in [0.5, 0.6) is 11.5 Å². The molecule has 0 saturated carbocycles. The largest absolute Gasteiger partial charge is 0.493 e. The fourth-order valence-corrected chi connectivity index (χ4v) is 2.55. The normalized spacial score (nSPS) is 10.7. The van der Waals surface area contributed by atoms with E-state index in [-0.39, 0.29) is 0 Å². The first kappa shape index (κ1) is 15.7. The Morgan fingerprint density at radius 3 is 2.57 bits per heavy atom. The summed E-state index contributed by atoms with van der Waals surface area (Å²) >= 11 is 6.19. The number of methoxy groups -OCH3 is 2. The summed E-state index contributed by atoms with van der Waals surface area (Å²) in [6, 6.07) is 3.81. The predicted molar refractivity (Wildman–Crippen MR) is 83.0 cm³/mol. The summed E-state index contributed by atoms with van der Waals surface area (Å²) in [5.74, 6) is 1.20. The van der Waals surface area contributed by atoms with Crippen LogP contribution in [0.2, 0.25) is 5.02 Å². The van der Waals surface area contributed by atoms with Gasteiger partial charge in [-0.05, 0) is 24.6 Å². The van der Waals surface area contributed by atoms with Crippen LogP contribution >= 0.6 is 11.6 Å². The second-order valence-corrected chi connectivity index (χ2v) is 5.24. The number of nitrogens with one attached hydrogen (secondary N) is 1. The third kappa shape index (κ3) is 3.68. The maximum atomic E-state index is 6.19. The first-order chi connectivity index (χ1) is 10.0. The van der Waals surface area contributed by atoms with Gasteiger partial charge in [0.1, 0.15) is 0 Å². The van der Waals surface area contributed by atoms with E-state index in [1.807, 2.05) is 37.0 Å². The van der Waals surface area contributed by atoms with Gasteiger partial charge in [-0.15, -0.1) is 0 Å². The summed E-state index contributed by atoms with van der Waals surface area (Å²) in [6.45, 7) is 3.45. The van der Waals surface area contributed by atoms with Gasteiger partial charge in [0.15, 0.2) is 11.5 Å². The minimum absolute atomic E-state index is 0.547. The summed E-state index contributed by atoms with van der Waals surface area (Å²) in [4.78, 5) is 0.